The van der Waals surface area contributed by atoms with E-state index in [0.29, 0.717) is 23.2 Å². The summed E-state index contributed by atoms with van der Waals surface area (Å²) in [6, 6.07) is 3.21. The van der Waals surface area contributed by atoms with Gasteiger partial charge in [0.2, 0.25) is 0 Å². The number of esters is 1. The standard InChI is InChI=1S/C38H58N2O8/c1-24(2)7-6-8-25(3)32-11-12-33-31-10-9-28-21-27(15-17-37(28,4)34(31)16-18-38(32,33)5)35(48-46)13-14-36(41)47-23-26-19-29(39(42)43)22-30(20-26)40(44)45/h19-20,22,24-25,27-28,31-35,46H,6-18,21,23H2,1-5H3. The molecular weight excluding hydrogens is 612 g/mol. The lowest BCUT2D eigenvalue weighted by atomic mass is 9.43. The number of nitrogens with zero attached hydrogens (tertiary/aromatic N) is 2. The molecule has 0 amide bonds. The number of non-ortho nitro benzene ring substituents is 2. The summed E-state index contributed by atoms with van der Waals surface area (Å²) in [6.45, 7) is 12.1. The van der Waals surface area contributed by atoms with Crippen LogP contribution in [0.3, 0.4) is 0 Å². The number of benzene rings is 1. The van der Waals surface area contributed by atoms with Gasteiger partial charge in [-0.2, -0.15) is 0 Å². The van der Waals surface area contributed by atoms with Crippen molar-refractivity contribution in [3.63, 3.8) is 0 Å². The number of hydrogen-bond donors (Lipinski definition) is 1. The van der Waals surface area contributed by atoms with E-state index in [1.165, 1.54) is 69.9 Å². The van der Waals surface area contributed by atoms with Crippen LogP contribution >= 0.6 is 0 Å². The predicted molar refractivity (Wildman–Crippen MR) is 183 cm³/mol. The van der Waals surface area contributed by atoms with E-state index in [4.69, 9.17) is 9.62 Å². The number of ether oxygens (including phenoxy) is 1. The average molecular weight is 671 g/mol. The van der Waals surface area contributed by atoms with Crippen LogP contribution < -0.4 is 0 Å². The van der Waals surface area contributed by atoms with Crippen LogP contribution in [-0.2, 0) is 21.0 Å². The van der Waals surface area contributed by atoms with Gasteiger partial charge < -0.3 is 4.74 Å². The van der Waals surface area contributed by atoms with Gasteiger partial charge in [0, 0.05) is 24.1 Å². The molecule has 0 radical (unpaired) electrons. The van der Waals surface area contributed by atoms with Gasteiger partial charge in [0.1, 0.15) is 6.61 Å². The highest BCUT2D eigenvalue weighted by atomic mass is 17.1. The Balaban J connectivity index is 1.14. The van der Waals surface area contributed by atoms with E-state index in [2.05, 4.69) is 34.6 Å². The number of carbonyl (C=O) groups excluding carboxylic acids is 1. The first kappa shape index (κ1) is 36.7. The minimum atomic E-state index is -0.713. The molecule has 10 heteroatoms. The van der Waals surface area contributed by atoms with Crippen LogP contribution in [0.1, 0.15) is 130 Å². The first-order valence-electron chi connectivity index (χ1n) is 18.6. The second-order valence-corrected chi connectivity index (χ2v) is 16.9. The normalized spacial score (nSPS) is 34.1. The molecule has 10 nitrogen and oxygen atoms in total. The lowest BCUT2D eigenvalue weighted by molar-refractivity contribution is -0.394. The van der Waals surface area contributed by atoms with Gasteiger partial charge >= 0.3 is 5.97 Å². The molecule has 1 aromatic carbocycles. The lowest BCUT2D eigenvalue weighted by Gasteiger charge is -2.61. The largest absolute Gasteiger partial charge is 0.461 e. The molecule has 0 aromatic heterocycles. The lowest BCUT2D eigenvalue weighted by Crippen LogP contribution is -2.54. The molecule has 0 aliphatic heterocycles. The first-order chi connectivity index (χ1) is 22.8. The molecule has 1 N–H and O–H groups in total. The van der Waals surface area contributed by atoms with Gasteiger partial charge in [-0.05, 0) is 122 Å². The van der Waals surface area contributed by atoms with E-state index in [1.54, 1.807) is 0 Å². The quantitative estimate of drug-likeness (QED) is 0.0892. The zero-order valence-corrected chi connectivity index (χ0v) is 29.7. The molecule has 0 saturated heterocycles. The van der Waals surface area contributed by atoms with Crippen molar-refractivity contribution >= 4 is 17.3 Å². The molecule has 10 atom stereocenters. The topological polar surface area (TPSA) is 142 Å². The Morgan fingerprint density at radius 1 is 0.896 bits per heavy atom. The zero-order chi connectivity index (χ0) is 34.8. The number of rotatable bonds is 14. The highest BCUT2D eigenvalue weighted by molar-refractivity contribution is 5.69. The molecule has 4 aliphatic carbocycles. The van der Waals surface area contributed by atoms with Gasteiger partial charge in [0.05, 0.1) is 22.0 Å². The third-order valence-corrected chi connectivity index (χ3v) is 14.0. The minimum Gasteiger partial charge on any atom is -0.461 e. The molecule has 0 bridgehead atoms. The maximum atomic E-state index is 12.6. The third-order valence-electron chi connectivity index (χ3n) is 14.0. The Hall–Kier alpha value is -2.59. The van der Waals surface area contributed by atoms with E-state index in [9.17, 15) is 30.3 Å². The summed E-state index contributed by atoms with van der Waals surface area (Å²) in [5, 5.41) is 32.3. The van der Waals surface area contributed by atoms with Gasteiger partial charge in [-0.1, -0.05) is 53.9 Å². The van der Waals surface area contributed by atoms with Gasteiger partial charge in [-0.15, -0.1) is 0 Å². The van der Waals surface area contributed by atoms with E-state index < -0.39 is 33.3 Å². The summed E-state index contributed by atoms with van der Waals surface area (Å²) in [5.41, 5.74) is 0.0984. The maximum absolute atomic E-state index is 12.6. The van der Waals surface area contributed by atoms with Gasteiger partial charge in [0.25, 0.3) is 11.4 Å². The molecule has 5 rings (SSSR count). The highest BCUT2D eigenvalue weighted by Crippen LogP contribution is 2.69. The fourth-order valence-corrected chi connectivity index (χ4v) is 11.5. The van der Waals surface area contributed by atoms with Gasteiger partial charge in [-0.25, -0.2) is 4.89 Å². The fraction of sp³-hybridized carbons (Fsp3) is 0.816. The van der Waals surface area contributed by atoms with Gasteiger partial charge in [0.15, 0.2) is 0 Å². The molecule has 0 spiro atoms. The van der Waals surface area contributed by atoms with Crippen LogP contribution in [0.2, 0.25) is 0 Å². The van der Waals surface area contributed by atoms with Crippen molar-refractivity contribution in [2.45, 2.75) is 137 Å². The van der Waals surface area contributed by atoms with Crippen LogP contribution in [0.15, 0.2) is 18.2 Å². The molecule has 10 unspecified atom stereocenters. The molecule has 48 heavy (non-hydrogen) atoms. The predicted octanol–water partition coefficient (Wildman–Crippen LogP) is 9.92. The molecule has 1 aromatic rings. The van der Waals surface area contributed by atoms with Crippen molar-refractivity contribution in [1.82, 2.24) is 0 Å². The molecule has 0 heterocycles. The minimum absolute atomic E-state index is 0.0166. The Bertz CT molecular complexity index is 1290. The molecule has 268 valence electrons. The van der Waals surface area contributed by atoms with Crippen LogP contribution in [0.4, 0.5) is 11.4 Å². The highest BCUT2D eigenvalue weighted by Gasteiger charge is 2.60. The molecule has 4 aliphatic rings. The summed E-state index contributed by atoms with van der Waals surface area (Å²) in [4.78, 5) is 38.5. The Labute approximate surface area is 286 Å². The summed E-state index contributed by atoms with van der Waals surface area (Å²) >= 11 is 0. The summed E-state index contributed by atoms with van der Waals surface area (Å²) in [7, 11) is 0. The van der Waals surface area contributed by atoms with Crippen LogP contribution in [0, 0.1) is 78.4 Å². The number of fused-ring (bicyclic) bond motifs is 5. The second kappa shape index (κ2) is 15.1. The fourth-order valence-electron chi connectivity index (χ4n) is 11.5. The van der Waals surface area contributed by atoms with Crippen molar-refractivity contribution < 1.29 is 29.5 Å². The monoisotopic (exact) mass is 670 g/mol. The Morgan fingerprint density at radius 2 is 1.56 bits per heavy atom. The van der Waals surface area contributed by atoms with Crippen molar-refractivity contribution in [2.24, 2.45) is 58.2 Å². The number of nitro benzene ring substituents is 2. The number of carbonyl (C=O) groups is 1. The van der Waals surface area contributed by atoms with E-state index >= 15 is 0 Å². The smallest absolute Gasteiger partial charge is 0.306 e. The third kappa shape index (κ3) is 7.59. The number of hydrogen-bond acceptors (Lipinski definition) is 8. The van der Waals surface area contributed by atoms with E-state index in [-0.39, 0.29) is 24.5 Å². The average Bonchev–Trinajstić information content (AvgIpc) is 3.41. The number of nitro groups is 2. The SMILES string of the molecule is CC(C)CCCC(C)C1CCC2C3CCC4CC(C(CCC(=O)OCc5cc([N+](=O)[O-])cc([N+](=O)[O-])c5)OO)CCC4(C)C3CCC12C. The van der Waals surface area contributed by atoms with Crippen molar-refractivity contribution in [3.05, 3.63) is 44.0 Å². The summed E-state index contributed by atoms with van der Waals surface area (Å²) < 4.78 is 5.31. The van der Waals surface area contributed by atoms with Crippen LogP contribution in [-0.4, -0.2) is 27.2 Å². The van der Waals surface area contributed by atoms with Crippen LogP contribution in [0.5, 0.6) is 0 Å². The van der Waals surface area contributed by atoms with E-state index in [0.717, 1.165) is 60.8 Å². The maximum Gasteiger partial charge on any atom is 0.306 e. The van der Waals surface area contributed by atoms with Crippen molar-refractivity contribution in [2.75, 3.05) is 0 Å². The summed E-state index contributed by atoms with van der Waals surface area (Å²) in [5.74, 6) is 5.09. The molecule has 4 saturated carbocycles. The summed E-state index contributed by atoms with van der Waals surface area (Å²) in [6.07, 6.45) is 15.0. The molecular formula is C38H58N2O8. The zero-order valence-electron chi connectivity index (χ0n) is 29.7. The van der Waals surface area contributed by atoms with E-state index in [1.807, 2.05) is 0 Å². The van der Waals surface area contributed by atoms with Gasteiger partial charge in [-0.3, -0.25) is 30.3 Å². The Kier molecular flexibility index (Phi) is 11.6. The van der Waals surface area contributed by atoms with Crippen molar-refractivity contribution in [3.8, 4) is 0 Å². The molecule has 4 fully saturated rings. The Morgan fingerprint density at radius 3 is 2.21 bits per heavy atom. The second-order valence-electron chi connectivity index (χ2n) is 16.9. The van der Waals surface area contributed by atoms with Crippen LogP contribution in [0.25, 0.3) is 0 Å². The first-order valence-corrected chi connectivity index (χ1v) is 18.6. The van der Waals surface area contributed by atoms with Crippen molar-refractivity contribution in [1.29, 1.82) is 0 Å².